The Labute approximate surface area is 84.9 Å². The molecule has 0 aliphatic carbocycles. The van der Waals surface area contributed by atoms with E-state index in [1.54, 1.807) is 0 Å². The van der Waals surface area contributed by atoms with Crippen LogP contribution in [-0.4, -0.2) is 14.2 Å². The fourth-order valence-electron chi connectivity index (χ4n) is 2.08. The number of hydrogen-bond acceptors (Lipinski definition) is 2. The third-order valence-electron chi connectivity index (χ3n) is 2.90. The van der Waals surface area contributed by atoms with E-state index in [2.05, 4.69) is 6.92 Å². The van der Waals surface area contributed by atoms with E-state index in [4.69, 9.17) is 0 Å². The van der Waals surface area contributed by atoms with Gasteiger partial charge in [-0.05, 0) is 30.4 Å². The molecule has 1 aliphatic rings. The summed E-state index contributed by atoms with van der Waals surface area (Å²) in [7, 11) is -3.01. The van der Waals surface area contributed by atoms with Crippen molar-refractivity contribution >= 4 is 9.84 Å². The molecule has 14 heavy (non-hydrogen) atoms. The molecule has 2 nitrogen and oxygen atoms in total. The molecule has 1 aliphatic heterocycles. The lowest BCUT2D eigenvalue weighted by atomic mass is 9.96. The van der Waals surface area contributed by atoms with Crippen LogP contribution in [0.1, 0.15) is 30.4 Å². The first-order chi connectivity index (χ1) is 6.52. The quantitative estimate of drug-likeness (QED) is 0.658. The van der Waals surface area contributed by atoms with Gasteiger partial charge in [-0.15, -0.1) is 0 Å². The van der Waals surface area contributed by atoms with Gasteiger partial charge in [0.2, 0.25) is 0 Å². The number of fused-ring (bicyclic) bond motifs is 1. The summed E-state index contributed by atoms with van der Waals surface area (Å²) >= 11 is 0. The zero-order valence-electron chi connectivity index (χ0n) is 8.45. The minimum Gasteiger partial charge on any atom is -0.224 e. The molecule has 0 saturated heterocycles. The molecule has 1 atom stereocenters. The maximum Gasteiger partial charge on any atom is 0.178 e. The molecule has 3 heteroatoms. The molecule has 0 fully saturated rings. The maximum absolute atomic E-state index is 11.8. The average Bonchev–Trinajstić information content (AvgIpc) is 2.12. The molecule has 1 heterocycles. The zero-order valence-corrected chi connectivity index (χ0v) is 9.26. The highest BCUT2D eigenvalue weighted by Crippen LogP contribution is 2.34. The van der Waals surface area contributed by atoms with E-state index in [0.717, 1.165) is 17.5 Å². The van der Waals surface area contributed by atoms with Gasteiger partial charge in [-0.2, -0.15) is 0 Å². The second-order valence-electron chi connectivity index (χ2n) is 4.00. The Morgan fingerprint density at radius 3 is 2.71 bits per heavy atom. The highest BCUT2D eigenvalue weighted by molar-refractivity contribution is 7.91. The van der Waals surface area contributed by atoms with Crippen molar-refractivity contribution in [3.05, 3.63) is 29.3 Å². The summed E-state index contributed by atoms with van der Waals surface area (Å²) in [4.78, 5) is 0.582. The van der Waals surface area contributed by atoms with Crippen molar-refractivity contribution in [1.29, 1.82) is 0 Å². The Morgan fingerprint density at radius 1 is 1.36 bits per heavy atom. The minimum atomic E-state index is -3.01. The number of aryl methyl sites for hydroxylation is 1. The molecule has 76 valence electrons. The standard InChI is InChI=1S/C11H14O2S/c1-8-6-7-14(12,13)11-9(2)4-3-5-10(8)11/h3-5,8H,6-7H2,1-2H3. The second-order valence-corrected chi connectivity index (χ2v) is 6.05. The Bertz CT molecular complexity index is 460. The molecule has 0 saturated carbocycles. The van der Waals surface area contributed by atoms with E-state index in [1.807, 2.05) is 25.1 Å². The van der Waals surface area contributed by atoms with Crippen LogP contribution in [-0.2, 0) is 9.84 Å². The Balaban J connectivity index is 2.77. The number of benzene rings is 1. The molecule has 0 spiro atoms. The van der Waals surface area contributed by atoms with E-state index in [0.29, 0.717) is 16.6 Å². The van der Waals surface area contributed by atoms with Crippen molar-refractivity contribution in [3.8, 4) is 0 Å². The smallest absolute Gasteiger partial charge is 0.178 e. The van der Waals surface area contributed by atoms with Crippen LogP contribution >= 0.6 is 0 Å². The molecule has 1 aromatic rings. The summed E-state index contributed by atoms with van der Waals surface area (Å²) in [5.74, 6) is 0.667. The maximum atomic E-state index is 11.8. The number of hydrogen-bond donors (Lipinski definition) is 0. The minimum absolute atomic E-state index is 0.298. The van der Waals surface area contributed by atoms with Crippen molar-refractivity contribution in [1.82, 2.24) is 0 Å². The van der Waals surface area contributed by atoms with Gasteiger partial charge >= 0.3 is 0 Å². The predicted molar refractivity (Wildman–Crippen MR) is 56.3 cm³/mol. The molecule has 0 amide bonds. The summed E-state index contributed by atoms with van der Waals surface area (Å²) in [6.07, 6.45) is 0.749. The van der Waals surface area contributed by atoms with Gasteiger partial charge in [0.25, 0.3) is 0 Å². The van der Waals surface area contributed by atoms with Crippen molar-refractivity contribution in [2.24, 2.45) is 0 Å². The summed E-state index contributed by atoms with van der Waals surface area (Å²) < 4.78 is 23.7. The summed E-state index contributed by atoms with van der Waals surface area (Å²) in [5.41, 5.74) is 1.88. The summed E-state index contributed by atoms with van der Waals surface area (Å²) in [6.45, 7) is 3.96. The average molecular weight is 210 g/mol. The lowest BCUT2D eigenvalue weighted by Gasteiger charge is -2.23. The van der Waals surface area contributed by atoms with E-state index >= 15 is 0 Å². The van der Waals surface area contributed by atoms with Crippen LogP contribution in [0, 0.1) is 6.92 Å². The van der Waals surface area contributed by atoms with Crippen LogP contribution in [0.2, 0.25) is 0 Å². The SMILES string of the molecule is Cc1cccc2c1S(=O)(=O)CCC2C. The molecule has 0 bridgehead atoms. The van der Waals surface area contributed by atoms with Gasteiger partial charge < -0.3 is 0 Å². The third-order valence-corrected chi connectivity index (χ3v) is 4.86. The van der Waals surface area contributed by atoms with E-state index in [9.17, 15) is 8.42 Å². The van der Waals surface area contributed by atoms with Gasteiger partial charge in [-0.3, -0.25) is 0 Å². The van der Waals surface area contributed by atoms with E-state index in [1.165, 1.54) is 0 Å². The Kier molecular flexibility index (Phi) is 2.14. The normalized spacial score (nSPS) is 24.3. The second kappa shape index (κ2) is 3.09. The fourth-order valence-corrected chi connectivity index (χ4v) is 4.13. The third kappa shape index (κ3) is 1.36. The topological polar surface area (TPSA) is 34.1 Å². The molecule has 2 rings (SSSR count). The van der Waals surface area contributed by atoms with Gasteiger partial charge in [-0.1, -0.05) is 25.1 Å². The van der Waals surface area contributed by atoms with Crippen molar-refractivity contribution in [3.63, 3.8) is 0 Å². The predicted octanol–water partition coefficient (Wildman–Crippen LogP) is 2.28. The van der Waals surface area contributed by atoms with Crippen LogP contribution in [0.4, 0.5) is 0 Å². The lowest BCUT2D eigenvalue weighted by molar-refractivity contribution is 0.572. The first kappa shape index (κ1) is 9.71. The molecular weight excluding hydrogens is 196 g/mol. The van der Waals surface area contributed by atoms with E-state index < -0.39 is 9.84 Å². The number of rotatable bonds is 0. The van der Waals surface area contributed by atoms with Crippen LogP contribution in [0.3, 0.4) is 0 Å². The van der Waals surface area contributed by atoms with Crippen molar-refractivity contribution < 1.29 is 8.42 Å². The monoisotopic (exact) mass is 210 g/mol. The molecule has 0 aromatic heterocycles. The zero-order chi connectivity index (χ0) is 10.3. The number of sulfone groups is 1. The molecule has 0 N–H and O–H groups in total. The summed E-state index contributed by atoms with van der Waals surface area (Å²) in [5, 5.41) is 0. The lowest BCUT2D eigenvalue weighted by Crippen LogP contribution is -2.19. The highest BCUT2D eigenvalue weighted by Gasteiger charge is 2.28. The molecular formula is C11H14O2S. The van der Waals surface area contributed by atoms with Gasteiger partial charge in [0, 0.05) is 0 Å². The van der Waals surface area contributed by atoms with Gasteiger partial charge in [0.05, 0.1) is 10.6 Å². The fraction of sp³-hybridized carbons (Fsp3) is 0.455. The molecule has 0 radical (unpaired) electrons. The highest BCUT2D eigenvalue weighted by atomic mass is 32.2. The van der Waals surface area contributed by atoms with Gasteiger partial charge in [0.1, 0.15) is 0 Å². The van der Waals surface area contributed by atoms with Crippen LogP contribution in [0.25, 0.3) is 0 Å². The summed E-state index contributed by atoms with van der Waals surface area (Å²) in [6, 6.07) is 5.74. The van der Waals surface area contributed by atoms with E-state index in [-0.39, 0.29) is 0 Å². The Morgan fingerprint density at radius 2 is 2.07 bits per heavy atom. The van der Waals surface area contributed by atoms with Crippen molar-refractivity contribution in [2.75, 3.05) is 5.75 Å². The molecule has 1 aromatic carbocycles. The van der Waals surface area contributed by atoms with Gasteiger partial charge in [0.15, 0.2) is 9.84 Å². The van der Waals surface area contributed by atoms with Crippen molar-refractivity contribution in [2.45, 2.75) is 31.1 Å². The largest absolute Gasteiger partial charge is 0.224 e. The first-order valence-electron chi connectivity index (χ1n) is 4.84. The Hall–Kier alpha value is -0.830. The van der Waals surface area contributed by atoms with Crippen LogP contribution in [0.5, 0.6) is 0 Å². The van der Waals surface area contributed by atoms with Crippen LogP contribution < -0.4 is 0 Å². The molecule has 1 unspecified atom stereocenters. The van der Waals surface area contributed by atoms with Crippen LogP contribution in [0.15, 0.2) is 23.1 Å². The van der Waals surface area contributed by atoms with Gasteiger partial charge in [-0.25, -0.2) is 8.42 Å². The first-order valence-corrected chi connectivity index (χ1v) is 6.50.